The molecule has 0 bridgehead atoms. The topological polar surface area (TPSA) is 26.8 Å². The Balaban J connectivity index is 1.43. The first-order valence-corrected chi connectivity index (χ1v) is 9.54. The molecule has 4 nitrogen and oxygen atoms in total. The first-order chi connectivity index (χ1) is 11.6. The van der Waals surface area contributed by atoms with Crippen LogP contribution in [0.5, 0.6) is 0 Å². The number of amides is 1. The summed E-state index contributed by atoms with van der Waals surface area (Å²) in [4.78, 5) is 19.1. The van der Waals surface area contributed by atoms with Gasteiger partial charge in [0.1, 0.15) is 0 Å². The van der Waals surface area contributed by atoms with Crippen molar-refractivity contribution in [2.24, 2.45) is 0 Å². The third kappa shape index (κ3) is 4.85. The molecule has 0 atom stereocenters. The van der Waals surface area contributed by atoms with E-state index in [-0.39, 0.29) is 0 Å². The van der Waals surface area contributed by atoms with E-state index in [2.05, 4.69) is 9.80 Å². The molecule has 2 saturated heterocycles. The van der Waals surface area contributed by atoms with Gasteiger partial charge in [-0.25, -0.2) is 0 Å². The van der Waals surface area contributed by atoms with Crippen molar-refractivity contribution in [3.05, 3.63) is 33.8 Å². The highest BCUT2D eigenvalue weighted by Crippen LogP contribution is 2.23. The highest BCUT2D eigenvalue weighted by Gasteiger charge is 2.22. The number of hydrogen-bond donors (Lipinski definition) is 0. The van der Waals surface area contributed by atoms with E-state index < -0.39 is 0 Å². The molecule has 0 N–H and O–H groups in total. The summed E-state index contributed by atoms with van der Waals surface area (Å²) in [6.45, 7) is 7.18. The number of piperidine rings is 1. The summed E-state index contributed by atoms with van der Waals surface area (Å²) in [5, 5.41) is 1.21. The van der Waals surface area contributed by atoms with E-state index in [1.54, 1.807) is 0 Å². The highest BCUT2D eigenvalue weighted by molar-refractivity contribution is 6.42. The Kier molecular flexibility index (Phi) is 6.39. The minimum atomic E-state index is 0.299. The van der Waals surface area contributed by atoms with Gasteiger partial charge in [-0.05, 0) is 37.0 Å². The molecule has 1 aromatic carbocycles. The van der Waals surface area contributed by atoms with E-state index in [0.29, 0.717) is 22.5 Å². The lowest BCUT2D eigenvalue weighted by Gasteiger charge is -2.36. The maximum Gasteiger partial charge on any atom is 0.236 e. The summed E-state index contributed by atoms with van der Waals surface area (Å²) in [6, 6.07) is 5.82. The lowest BCUT2D eigenvalue weighted by Crippen LogP contribution is -2.50. The van der Waals surface area contributed by atoms with Gasteiger partial charge < -0.3 is 4.90 Å². The van der Waals surface area contributed by atoms with Crippen LogP contribution in [0.1, 0.15) is 24.8 Å². The van der Waals surface area contributed by atoms with Crippen LogP contribution in [0.25, 0.3) is 0 Å². The normalized spacial score (nSPS) is 20.3. The molecule has 0 saturated carbocycles. The van der Waals surface area contributed by atoms with Gasteiger partial charge in [-0.2, -0.15) is 0 Å². The van der Waals surface area contributed by atoms with E-state index in [1.807, 2.05) is 23.1 Å². The Morgan fingerprint density at radius 1 is 0.875 bits per heavy atom. The zero-order valence-electron chi connectivity index (χ0n) is 14.0. The van der Waals surface area contributed by atoms with E-state index in [0.717, 1.165) is 58.7 Å². The minimum Gasteiger partial charge on any atom is -0.342 e. The Hall–Kier alpha value is -0.810. The molecule has 2 heterocycles. The molecule has 24 heavy (non-hydrogen) atoms. The maximum atomic E-state index is 12.4. The first kappa shape index (κ1) is 18.0. The van der Waals surface area contributed by atoms with Crippen LogP contribution in [-0.4, -0.2) is 66.4 Å². The van der Waals surface area contributed by atoms with Crippen molar-refractivity contribution in [3.63, 3.8) is 0 Å². The van der Waals surface area contributed by atoms with Crippen molar-refractivity contribution in [2.75, 3.05) is 45.8 Å². The molecule has 0 spiro atoms. The SMILES string of the molecule is O=C(CN1CCN(Cc2ccc(Cl)c(Cl)c2)CC1)N1CCCCC1. The van der Waals surface area contributed by atoms with Crippen molar-refractivity contribution < 1.29 is 4.79 Å². The molecular weight excluding hydrogens is 345 g/mol. The van der Waals surface area contributed by atoms with Crippen molar-refractivity contribution in [2.45, 2.75) is 25.8 Å². The molecule has 0 aromatic heterocycles. The monoisotopic (exact) mass is 369 g/mol. The van der Waals surface area contributed by atoms with E-state index in [9.17, 15) is 4.79 Å². The fraction of sp³-hybridized carbons (Fsp3) is 0.611. The number of benzene rings is 1. The standard InChI is InChI=1S/C18H25Cl2N3O/c19-16-5-4-15(12-17(16)20)13-21-8-10-22(11-9-21)14-18(24)23-6-2-1-3-7-23/h4-5,12H,1-3,6-11,13-14H2. The fourth-order valence-electron chi connectivity index (χ4n) is 3.44. The summed E-state index contributed by atoms with van der Waals surface area (Å²) >= 11 is 12.1. The number of rotatable bonds is 4. The molecule has 1 aromatic rings. The van der Waals surface area contributed by atoms with Crippen LogP contribution >= 0.6 is 23.2 Å². The van der Waals surface area contributed by atoms with Gasteiger partial charge in [0.25, 0.3) is 0 Å². The molecule has 2 fully saturated rings. The summed E-state index contributed by atoms with van der Waals surface area (Å²) in [6.07, 6.45) is 3.57. The molecule has 6 heteroatoms. The van der Waals surface area contributed by atoms with E-state index in [4.69, 9.17) is 23.2 Å². The number of carbonyl (C=O) groups excluding carboxylic acids is 1. The van der Waals surface area contributed by atoms with Crippen LogP contribution in [-0.2, 0) is 11.3 Å². The van der Waals surface area contributed by atoms with Crippen LogP contribution in [0.15, 0.2) is 18.2 Å². The predicted molar refractivity (Wildman–Crippen MR) is 98.6 cm³/mol. The number of carbonyl (C=O) groups is 1. The van der Waals surface area contributed by atoms with Gasteiger partial charge in [0, 0.05) is 45.8 Å². The smallest absolute Gasteiger partial charge is 0.236 e. The van der Waals surface area contributed by atoms with Crippen molar-refractivity contribution in [1.82, 2.24) is 14.7 Å². The van der Waals surface area contributed by atoms with Gasteiger partial charge in [0.15, 0.2) is 0 Å². The molecule has 0 unspecified atom stereocenters. The van der Waals surface area contributed by atoms with Gasteiger partial charge in [0.2, 0.25) is 5.91 Å². The highest BCUT2D eigenvalue weighted by atomic mass is 35.5. The lowest BCUT2D eigenvalue weighted by molar-refractivity contribution is -0.133. The second-order valence-corrected chi connectivity index (χ2v) is 7.56. The summed E-state index contributed by atoms with van der Waals surface area (Å²) in [7, 11) is 0. The van der Waals surface area contributed by atoms with Crippen LogP contribution in [0, 0.1) is 0 Å². The van der Waals surface area contributed by atoms with Crippen LogP contribution in [0.4, 0.5) is 0 Å². The van der Waals surface area contributed by atoms with Crippen LogP contribution in [0.2, 0.25) is 10.0 Å². The zero-order valence-corrected chi connectivity index (χ0v) is 15.5. The van der Waals surface area contributed by atoms with Gasteiger partial charge in [-0.15, -0.1) is 0 Å². The van der Waals surface area contributed by atoms with Gasteiger partial charge in [-0.3, -0.25) is 14.6 Å². The molecule has 3 rings (SSSR count). The van der Waals surface area contributed by atoms with Crippen molar-refractivity contribution in [1.29, 1.82) is 0 Å². The number of piperazine rings is 1. The largest absolute Gasteiger partial charge is 0.342 e. The molecule has 2 aliphatic heterocycles. The molecule has 2 aliphatic rings. The Bertz CT molecular complexity index is 567. The number of likely N-dealkylation sites (tertiary alicyclic amines) is 1. The minimum absolute atomic E-state index is 0.299. The summed E-state index contributed by atoms with van der Waals surface area (Å²) in [5.74, 6) is 0.299. The third-order valence-electron chi connectivity index (χ3n) is 4.92. The summed E-state index contributed by atoms with van der Waals surface area (Å²) < 4.78 is 0. The van der Waals surface area contributed by atoms with Gasteiger partial charge in [0.05, 0.1) is 16.6 Å². The molecule has 0 aliphatic carbocycles. The fourth-order valence-corrected chi connectivity index (χ4v) is 3.76. The molecule has 0 radical (unpaired) electrons. The number of hydrogen-bond acceptors (Lipinski definition) is 3. The van der Waals surface area contributed by atoms with Crippen molar-refractivity contribution in [3.8, 4) is 0 Å². The average Bonchev–Trinajstić information content (AvgIpc) is 2.61. The first-order valence-electron chi connectivity index (χ1n) is 8.78. The van der Waals surface area contributed by atoms with Crippen molar-refractivity contribution >= 4 is 29.1 Å². The Labute approximate surface area is 154 Å². The quantitative estimate of drug-likeness (QED) is 0.815. The number of halogens is 2. The van der Waals surface area contributed by atoms with E-state index in [1.165, 1.54) is 12.0 Å². The Morgan fingerprint density at radius 2 is 1.54 bits per heavy atom. The Morgan fingerprint density at radius 3 is 2.21 bits per heavy atom. The third-order valence-corrected chi connectivity index (χ3v) is 5.66. The lowest BCUT2D eigenvalue weighted by atomic mass is 10.1. The van der Waals surface area contributed by atoms with Gasteiger partial charge >= 0.3 is 0 Å². The average molecular weight is 370 g/mol. The van der Waals surface area contributed by atoms with E-state index >= 15 is 0 Å². The van der Waals surface area contributed by atoms with Crippen LogP contribution < -0.4 is 0 Å². The van der Waals surface area contributed by atoms with Gasteiger partial charge in [-0.1, -0.05) is 29.3 Å². The second-order valence-electron chi connectivity index (χ2n) is 6.74. The zero-order chi connectivity index (χ0) is 16.9. The summed E-state index contributed by atoms with van der Waals surface area (Å²) in [5.41, 5.74) is 1.18. The second kappa shape index (κ2) is 8.52. The predicted octanol–water partition coefficient (Wildman–Crippen LogP) is 3.12. The molecule has 1 amide bonds. The molecular formula is C18H25Cl2N3O. The maximum absolute atomic E-state index is 12.4. The number of nitrogens with zero attached hydrogens (tertiary/aromatic N) is 3. The molecule has 132 valence electrons. The van der Waals surface area contributed by atoms with Crippen LogP contribution in [0.3, 0.4) is 0 Å².